The summed E-state index contributed by atoms with van der Waals surface area (Å²) in [4.78, 5) is 0. The maximum Gasteiger partial charge on any atom is 0.139 e. The van der Waals surface area contributed by atoms with Crippen molar-refractivity contribution in [1.82, 2.24) is 0 Å². The lowest BCUT2D eigenvalue weighted by Gasteiger charge is -2.26. The van der Waals surface area contributed by atoms with Crippen LogP contribution in [0.1, 0.15) is 25.0 Å². The van der Waals surface area contributed by atoms with Crippen molar-refractivity contribution >= 4 is 22.7 Å². The average molecular weight is 354 g/mol. The molecule has 2 atom stereocenters. The van der Waals surface area contributed by atoms with Gasteiger partial charge in [-0.05, 0) is 35.4 Å². The van der Waals surface area contributed by atoms with Gasteiger partial charge in [0.2, 0.25) is 0 Å². The van der Waals surface area contributed by atoms with Crippen molar-refractivity contribution in [3.63, 3.8) is 0 Å². The normalized spacial score (nSPS) is 14.1. The Labute approximate surface area is 139 Å². The first kappa shape index (κ1) is 17.6. The second kappa shape index (κ2) is 7.22. The summed E-state index contributed by atoms with van der Waals surface area (Å²) in [6.45, 7) is 3.99. The molecule has 0 amide bonds. The predicted molar refractivity (Wildman–Crippen MR) is 84.1 cm³/mol. The molecule has 0 saturated heterocycles. The van der Waals surface area contributed by atoms with Crippen LogP contribution in [0, 0.1) is 0 Å². The van der Waals surface area contributed by atoms with Crippen LogP contribution >= 0.6 is 0 Å². The van der Waals surface area contributed by atoms with Crippen molar-refractivity contribution in [3.05, 3.63) is 59.7 Å². The van der Waals surface area contributed by atoms with Crippen molar-refractivity contribution in [2.24, 2.45) is 0 Å². The van der Waals surface area contributed by atoms with Crippen LogP contribution in [0.15, 0.2) is 48.5 Å². The fourth-order valence-corrected chi connectivity index (χ4v) is 2.71. The van der Waals surface area contributed by atoms with Gasteiger partial charge in [0, 0.05) is 5.41 Å². The van der Waals surface area contributed by atoms with Crippen molar-refractivity contribution < 1.29 is 25.9 Å². The minimum atomic E-state index is -2.60. The maximum atomic E-state index is 10.5. The highest BCUT2D eigenvalue weighted by atomic mass is 32.2. The first-order chi connectivity index (χ1) is 10.8. The molecule has 23 heavy (non-hydrogen) atoms. The van der Waals surface area contributed by atoms with Crippen molar-refractivity contribution in [3.8, 4) is 11.5 Å². The third-order valence-corrected chi connectivity index (χ3v) is 4.14. The number of benzene rings is 2. The Balaban J connectivity index is 2.23. The molecule has 0 aliphatic carbocycles. The van der Waals surface area contributed by atoms with E-state index in [1.165, 1.54) is 0 Å². The van der Waals surface area contributed by atoms with E-state index < -0.39 is 22.7 Å². The largest absolute Gasteiger partial charge is 0.740 e. The van der Waals surface area contributed by atoms with E-state index in [9.17, 15) is 17.5 Å². The van der Waals surface area contributed by atoms with Gasteiger partial charge in [-0.1, -0.05) is 38.1 Å². The monoisotopic (exact) mass is 354 g/mol. The summed E-state index contributed by atoms with van der Waals surface area (Å²) in [5.74, 6) is 0.471. The molecule has 6 nitrogen and oxygen atoms in total. The van der Waals surface area contributed by atoms with E-state index in [1.54, 1.807) is 48.5 Å². The Hall–Kier alpha value is -1.74. The highest BCUT2D eigenvalue weighted by molar-refractivity contribution is 7.74. The Morgan fingerprint density at radius 3 is 1.30 bits per heavy atom. The van der Waals surface area contributed by atoms with Gasteiger partial charge in [-0.25, -0.2) is 8.42 Å². The Morgan fingerprint density at radius 2 is 1.04 bits per heavy atom. The number of hydrogen-bond acceptors (Lipinski definition) is 6. The highest BCUT2D eigenvalue weighted by Gasteiger charge is 2.23. The van der Waals surface area contributed by atoms with Gasteiger partial charge < -0.3 is 17.5 Å². The lowest BCUT2D eigenvalue weighted by molar-refractivity contribution is 0.438. The molecule has 2 aromatic rings. The fourth-order valence-electron chi connectivity index (χ4n) is 2.18. The van der Waals surface area contributed by atoms with Gasteiger partial charge in [-0.3, -0.25) is 0 Å². The zero-order valence-electron chi connectivity index (χ0n) is 12.4. The molecule has 0 radical (unpaired) electrons. The molecule has 124 valence electrons. The van der Waals surface area contributed by atoms with Crippen molar-refractivity contribution in [1.29, 1.82) is 0 Å². The predicted octanol–water partition coefficient (Wildman–Crippen LogP) is 2.36. The summed E-state index contributed by atoms with van der Waals surface area (Å²) in [6.07, 6.45) is 0. The fraction of sp³-hybridized carbons (Fsp3) is 0.200. The van der Waals surface area contributed by atoms with Crippen LogP contribution in [-0.4, -0.2) is 17.5 Å². The molecule has 0 saturated carbocycles. The molecule has 0 N–H and O–H groups in total. The van der Waals surface area contributed by atoms with Gasteiger partial charge in [0.05, 0.1) is 0 Å². The lowest BCUT2D eigenvalue weighted by Crippen LogP contribution is -2.18. The molecule has 0 heterocycles. The molecule has 0 aliphatic heterocycles. The van der Waals surface area contributed by atoms with Gasteiger partial charge in [-0.15, -0.1) is 0 Å². The number of rotatable bonds is 6. The number of hydrogen-bond donors (Lipinski definition) is 0. The molecule has 0 bridgehead atoms. The Kier molecular flexibility index (Phi) is 5.53. The smallest absolute Gasteiger partial charge is 0.139 e. The molecule has 2 aromatic carbocycles. The van der Waals surface area contributed by atoms with Gasteiger partial charge in [-0.2, -0.15) is 0 Å². The average Bonchev–Trinajstić information content (AvgIpc) is 2.47. The summed E-state index contributed by atoms with van der Waals surface area (Å²) in [7, 11) is 0. The van der Waals surface area contributed by atoms with Gasteiger partial charge in [0.1, 0.15) is 34.2 Å². The molecule has 0 fully saturated rings. The standard InChI is InChI=1S/C15H16O6S2/c1-15(2,11-3-7-13(8-4-11)20-22(16)17)12-5-9-14(10-6-12)21-23(18)19/h3-10H,1-2H3,(H,16,17)(H,18,19)/p-2. The quantitative estimate of drug-likeness (QED) is 0.739. The zero-order chi connectivity index (χ0) is 17.0. The van der Waals surface area contributed by atoms with Crippen LogP contribution in [0.4, 0.5) is 0 Å². The summed E-state index contributed by atoms with van der Waals surface area (Å²) < 4.78 is 51.2. The van der Waals surface area contributed by atoms with Gasteiger partial charge in [0.25, 0.3) is 0 Å². The third-order valence-electron chi connectivity index (χ3n) is 3.48. The minimum absolute atomic E-state index is 0.236. The van der Waals surface area contributed by atoms with Crippen LogP contribution in [-0.2, 0) is 28.1 Å². The second-order valence-corrected chi connectivity index (χ2v) is 6.40. The summed E-state index contributed by atoms with van der Waals surface area (Å²) in [5, 5.41) is 0. The lowest BCUT2D eigenvalue weighted by atomic mass is 9.78. The molecule has 0 aliphatic rings. The van der Waals surface area contributed by atoms with Gasteiger partial charge in [0.15, 0.2) is 0 Å². The molecule has 2 rings (SSSR count). The Bertz CT molecular complexity index is 648. The first-order valence-electron chi connectivity index (χ1n) is 6.55. The van der Waals surface area contributed by atoms with Crippen LogP contribution in [0.25, 0.3) is 0 Å². The minimum Gasteiger partial charge on any atom is -0.740 e. The van der Waals surface area contributed by atoms with E-state index >= 15 is 0 Å². The summed E-state index contributed by atoms with van der Waals surface area (Å²) >= 11 is -5.20. The van der Waals surface area contributed by atoms with E-state index in [1.807, 2.05) is 13.8 Å². The molecule has 8 heteroatoms. The molecule has 0 spiro atoms. The highest BCUT2D eigenvalue weighted by Crippen LogP contribution is 2.33. The molecular weight excluding hydrogens is 340 g/mol. The maximum absolute atomic E-state index is 10.5. The van der Waals surface area contributed by atoms with Crippen LogP contribution < -0.4 is 8.37 Å². The van der Waals surface area contributed by atoms with E-state index in [0.29, 0.717) is 0 Å². The topological polar surface area (TPSA) is 98.7 Å². The molecule has 2 unspecified atom stereocenters. The van der Waals surface area contributed by atoms with Crippen molar-refractivity contribution in [2.75, 3.05) is 0 Å². The molecule has 0 aromatic heterocycles. The third kappa shape index (κ3) is 4.61. The van der Waals surface area contributed by atoms with E-state index in [-0.39, 0.29) is 16.9 Å². The first-order valence-corrected chi connectivity index (χ1v) is 8.55. The van der Waals surface area contributed by atoms with Crippen LogP contribution in [0.5, 0.6) is 11.5 Å². The summed E-state index contributed by atoms with van der Waals surface area (Å²) in [6, 6.07) is 13.4. The van der Waals surface area contributed by atoms with Crippen molar-refractivity contribution in [2.45, 2.75) is 19.3 Å². The van der Waals surface area contributed by atoms with E-state index in [2.05, 4.69) is 8.37 Å². The van der Waals surface area contributed by atoms with E-state index in [4.69, 9.17) is 0 Å². The molecular formula is C15H14O6S2-2. The van der Waals surface area contributed by atoms with E-state index in [0.717, 1.165) is 11.1 Å². The Morgan fingerprint density at radius 1 is 0.739 bits per heavy atom. The zero-order valence-corrected chi connectivity index (χ0v) is 14.0. The van der Waals surface area contributed by atoms with Crippen LogP contribution in [0.3, 0.4) is 0 Å². The van der Waals surface area contributed by atoms with Gasteiger partial charge >= 0.3 is 0 Å². The van der Waals surface area contributed by atoms with Crippen LogP contribution in [0.2, 0.25) is 0 Å². The summed E-state index contributed by atoms with van der Waals surface area (Å²) in [5.41, 5.74) is 1.52. The second-order valence-electron chi connectivity index (χ2n) is 5.25. The SMILES string of the molecule is CC(C)(c1ccc(OS(=O)[O-])cc1)c1ccc(OS(=O)[O-])cc1.